The van der Waals surface area contributed by atoms with Gasteiger partial charge in [-0.2, -0.15) is 0 Å². The summed E-state index contributed by atoms with van der Waals surface area (Å²) in [7, 11) is 0. The second-order valence-corrected chi connectivity index (χ2v) is 9.59. The Labute approximate surface area is 209 Å². The maximum atomic E-state index is 13.7. The Kier molecular flexibility index (Phi) is 12.3. The van der Waals surface area contributed by atoms with E-state index in [1.807, 2.05) is 31.2 Å². The molecule has 1 rings (SSSR count). The van der Waals surface area contributed by atoms with Gasteiger partial charge in [-0.3, -0.25) is 14.4 Å². The molecule has 9 nitrogen and oxygen atoms in total. The third-order valence-corrected chi connectivity index (χ3v) is 5.41. The van der Waals surface area contributed by atoms with Gasteiger partial charge in [0.15, 0.2) is 0 Å². The van der Waals surface area contributed by atoms with Crippen molar-refractivity contribution in [3.63, 3.8) is 0 Å². The van der Waals surface area contributed by atoms with Crippen LogP contribution in [0.4, 0.5) is 4.79 Å². The number of ether oxygens (including phenoxy) is 1. The summed E-state index contributed by atoms with van der Waals surface area (Å²) in [5.41, 5.74) is 6.10. The molecule has 0 fully saturated rings. The number of nitrogens with two attached hydrogens (primary N) is 1. The molecule has 0 saturated carbocycles. The van der Waals surface area contributed by atoms with E-state index in [9.17, 15) is 19.2 Å². The van der Waals surface area contributed by atoms with Gasteiger partial charge in [0, 0.05) is 19.5 Å². The molecule has 0 aliphatic carbocycles. The lowest BCUT2D eigenvalue weighted by Gasteiger charge is -2.34. The molecule has 1 aromatic rings. The number of likely N-dealkylation sites (N-methyl/N-ethyl adjacent to an activating group) is 1. The Hall–Kier alpha value is -3.10. The van der Waals surface area contributed by atoms with Crippen LogP contribution in [0.25, 0.3) is 0 Å². The quantitative estimate of drug-likeness (QED) is 0.365. The first-order valence-electron chi connectivity index (χ1n) is 12.3. The molecule has 0 saturated heterocycles. The second-order valence-electron chi connectivity index (χ2n) is 9.59. The highest BCUT2D eigenvalue weighted by molar-refractivity contribution is 5.92. The number of amides is 4. The molecule has 0 aliphatic heterocycles. The van der Waals surface area contributed by atoms with Crippen LogP contribution in [0.2, 0.25) is 0 Å². The van der Waals surface area contributed by atoms with Gasteiger partial charge in [-0.05, 0) is 58.6 Å². The van der Waals surface area contributed by atoms with Crippen molar-refractivity contribution in [2.75, 3.05) is 13.1 Å². The molecule has 1 aromatic carbocycles. The molecule has 9 heteroatoms. The molecule has 0 aliphatic rings. The Morgan fingerprint density at radius 3 is 2.29 bits per heavy atom. The standard InChI is InChI=1S/C26H42N4O5/c1-7-9-12-17-28-23(32)22(19-14-11-10-13-18(19)3)30(8-2)24(33)20(15-16-21(27)31)29-25(34)35-26(4,5)6/h10-11,13-14,20,22H,7-9,12,15-17H2,1-6H3,(H2,27,31)(H,28,32)(H,29,34). The molecule has 4 amide bonds. The predicted molar refractivity (Wildman–Crippen MR) is 135 cm³/mol. The first kappa shape index (κ1) is 29.9. The smallest absolute Gasteiger partial charge is 0.408 e. The average Bonchev–Trinajstić information content (AvgIpc) is 2.76. The van der Waals surface area contributed by atoms with Crippen molar-refractivity contribution in [1.82, 2.24) is 15.5 Å². The minimum absolute atomic E-state index is 0.0114. The van der Waals surface area contributed by atoms with Crippen molar-refractivity contribution in [3.8, 4) is 0 Å². The zero-order valence-corrected chi connectivity index (χ0v) is 22.0. The highest BCUT2D eigenvalue weighted by Gasteiger charge is 2.36. The molecule has 0 spiro atoms. The van der Waals surface area contributed by atoms with Crippen LogP contribution in [0.5, 0.6) is 0 Å². The normalized spacial score (nSPS) is 12.9. The minimum atomic E-state index is -1.09. The van der Waals surface area contributed by atoms with Crippen LogP contribution in [0.1, 0.15) is 83.9 Å². The topological polar surface area (TPSA) is 131 Å². The lowest BCUT2D eigenvalue weighted by Crippen LogP contribution is -2.53. The first-order chi connectivity index (χ1) is 16.4. The van der Waals surface area contributed by atoms with E-state index in [2.05, 4.69) is 17.6 Å². The van der Waals surface area contributed by atoms with Crippen LogP contribution in [-0.2, 0) is 19.1 Å². The monoisotopic (exact) mass is 490 g/mol. The summed E-state index contributed by atoms with van der Waals surface area (Å²) in [6.45, 7) is 11.6. The summed E-state index contributed by atoms with van der Waals surface area (Å²) < 4.78 is 5.31. The van der Waals surface area contributed by atoms with E-state index in [0.29, 0.717) is 12.1 Å². The number of benzene rings is 1. The van der Waals surface area contributed by atoms with E-state index in [4.69, 9.17) is 10.5 Å². The SMILES string of the molecule is CCCCCNC(=O)C(c1ccccc1C)N(CC)C(=O)C(CCC(N)=O)NC(=O)OC(C)(C)C. The molecule has 0 radical (unpaired) electrons. The lowest BCUT2D eigenvalue weighted by molar-refractivity contribution is -0.142. The molecule has 4 N–H and O–H groups in total. The highest BCUT2D eigenvalue weighted by Crippen LogP contribution is 2.26. The number of aryl methyl sites for hydroxylation is 1. The fraction of sp³-hybridized carbons (Fsp3) is 0.615. The molecule has 2 atom stereocenters. The van der Waals surface area contributed by atoms with E-state index < -0.39 is 35.6 Å². The van der Waals surface area contributed by atoms with E-state index in [1.54, 1.807) is 27.7 Å². The van der Waals surface area contributed by atoms with Gasteiger partial charge in [0.05, 0.1) is 0 Å². The van der Waals surface area contributed by atoms with Crippen LogP contribution in [0.3, 0.4) is 0 Å². The van der Waals surface area contributed by atoms with Crippen LogP contribution in [0, 0.1) is 6.92 Å². The van der Waals surface area contributed by atoms with E-state index >= 15 is 0 Å². The minimum Gasteiger partial charge on any atom is -0.444 e. The number of nitrogens with one attached hydrogen (secondary N) is 2. The Morgan fingerprint density at radius 2 is 1.74 bits per heavy atom. The largest absolute Gasteiger partial charge is 0.444 e. The molecule has 0 bridgehead atoms. The van der Waals surface area contributed by atoms with Crippen molar-refractivity contribution in [2.45, 2.75) is 91.3 Å². The van der Waals surface area contributed by atoms with E-state index in [-0.39, 0.29) is 25.3 Å². The Morgan fingerprint density at radius 1 is 1.09 bits per heavy atom. The summed E-state index contributed by atoms with van der Waals surface area (Å²) in [5, 5.41) is 5.53. The maximum absolute atomic E-state index is 13.7. The molecular weight excluding hydrogens is 448 g/mol. The van der Waals surface area contributed by atoms with Gasteiger partial charge in [-0.15, -0.1) is 0 Å². The van der Waals surface area contributed by atoms with E-state index in [1.165, 1.54) is 4.90 Å². The number of nitrogens with zero attached hydrogens (tertiary/aromatic N) is 1. The number of hydrogen-bond donors (Lipinski definition) is 3. The third-order valence-electron chi connectivity index (χ3n) is 5.41. The van der Waals surface area contributed by atoms with Crippen molar-refractivity contribution in [3.05, 3.63) is 35.4 Å². The van der Waals surface area contributed by atoms with Gasteiger partial charge < -0.3 is 26.0 Å². The highest BCUT2D eigenvalue weighted by atomic mass is 16.6. The number of carbonyl (C=O) groups is 4. The van der Waals surface area contributed by atoms with Crippen molar-refractivity contribution in [2.24, 2.45) is 5.73 Å². The molecule has 35 heavy (non-hydrogen) atoms. The van der Waals surface area contributed by atoms with Crippen LogP contribution in [-0.4, -0.2) is 53.4 Å². The number of alkyl carbamates (subject to hydrolysis) is 1. The van der Waals surface area contributed by atoms with Crippen LogP contribution >= 0.6 is 0 Å². The fourth-order valence-electron chi connectivity index (χ4n) is 3.69. The molecule has 0 aromatic heterocycles. The molecule has 2 unspecified atom stereocenters. The van der Waals surface area contributed by atoms with Crippen molar-refractivity contribution >= 4 is 23.8 Å². The van der Waals surface area contributed by atoms with Crippen LogP contribution < -0.4 is 16.4 Å². The predicted octanol–water partition coefficient (Wildman–Crippen LogP) is 3.35. The number of hydrogen-bond acceptors (Lipinski definition) is 5. The van der Waals surface area contributed by atoms with Crippen LogP contribution in [0.15, 0.2) is 24.3 Å². The summed E-state index contributed by atoms with van der Waals surface area (Å²) in [6.07, 6.45) is 1.94. The number of rotatable bonds is 13. The molecule has 0 heterocycles. The molecule has 196 valence electrons. The van der Waals surface area contributed by atoms with Gasteiger partial charge in [0.25, 0.3) is 0 Å². The van der Waals surface area contributed by atoms with Crippen molar-refractivity contribution < 1.29 is 23.9 Å². The maximum Gasteiger partial charge on any atom is 0.408 e. The number of carbonyl (C=O) groups excluding carboxylic acids is 4. The van der Waals surface area contributed by atoms with Gasteiger partial charge in [-0.1, -0.05) is 44.0 Å². The molecular formula is C26H42N4O5. The number of primary amides is 1. The Balaban J connectivity index is 3.30. The second kappa shape index (κ2) is 14.3. The third kappa shape index (κ3) is 10.4. The van der Waals surface area contributed by atoms with Gasteiger partial charge in [-0.25, -0.2) is 4.79 Å². The van der Waals surface area contributed by atoms with Gasteiger partial charge >= 0.3 is 6.09 Å². The van der Waals surface area contributed by atoms with Crippen molar-refractivity contribution in [1.29, 1.82) is 0 Å². The van der Waals surface area contributed by atoms with Gasteiger partial charge in [0.2, 0.25) is 17.7 Å². The zero-order chi connectivity index (χ0) is 26.6. The zero-order valence-electron chi connectivity index (χ0n) is 22.0. The van der Waals surface area contributed by atoms with Gasteiger partial charge in [0.1, 0.15) is 17.7 Å². The summed E-state index contributed by atoms with van der Waals surface area (Å²) >= 11 is 0. The average molecular weight is 491 g/mol. The first-order valence-corrected chi connectivity index (χ1v) is 12.3. The Bertz CT molecular complexity index is 866. The summed E-state index contributed by atoms with van der Waals surface area (Å²) in [6, 6.07) is 5.41. The lowest BCUT2D eigenvalue weighted by atomic mass is 9.97. The van der Waals surface area contributed by atoms with E-state index in [0.717, 1.165) is 24.8 Å². The number of unbranched alkanes of at least 4 members (excludes halogenated alkanes) is 2. The summed E-state index contributed by atoms with van der Waals surface area (Å²) in [5.74, 6) is -1.38. The summed E-state index contributed by atoms with van der Waals surface area (Å²) in [4.78, 5) is 52.4. The fourth-order valence-corrected chi connectivity index (χ4v) is 3.69.